The molecule has 1 aromatic heterocycles. The number of pyridine rings is 1. The Kier molecular flexibility index (Phi) is 5.09. The molecule has 0 fully saturated rings. The summed E-state index contributed by atoms with van der Waals surface area (Å²) >= 11 is 0. The molecule has 2 aromatic carbocycles. The molecule has 4 nitrogen and oxygen atoms in total. The van der Waals surface area contributed by atoms with Crippen molar-refractivity contribution in [3.05, 3.63) is 78.6 Å². The molecule has 0 aliphatic carbocycles. The van der Waals surface area contributed by atoms with Gasteiger partial charge < -0.3 is 9.47 Å². The number of aromatic nitrogens is 1. The van der Waals surface area contributed by atoms with E-state index in [1.165, 1.54) is 0 Å². The first-order chi connectivity index (χ1) is 12.2. The number of carbonyl (C=O) groups excluding carboxylic acids is 1. The first kappa shape index (κ1) is 16.7. The monoisotopic (exact) mass is 334 g/mol. The quantitative estimate of drug-likeness (QED) is 0.511. The summed E-state index contributed by atoms with van der Waals surface area (Å²) in [6, 6.07) is 19.3. The second kappa shape index (κ2) is 7.62. The van der Waals surface area contributed by atoms with E-state index in [2.05, 4.69) is 0 Å². The summed E-state index contributed by atoms with van der Waals surface area (Å²) in [5.41, 5.74) is 2.73. The van der Waals surface area contributed by atoms with Crippen LogP contribution in [0, 0.1) is 0 Å². The van der Waals surface area contributed by atoms with Crippen molar-refractivity contribution >= 4 is 5.78 Å². The number of carbonyl (C=O) groups is 1. The van der Waals surface area contributed by atoms with E-state index in [1.54, 1.807) is 32.4 Å². The van der Waals surface area contributed by atoms with Crippen LogP contribution in [0.15, 0.2) is 73.1 Å². The third-order valence-corrected chi connectivity index (χ3v) is 4.00. The van der Waals surface area contributed by atoms with Crippen molar-refractivity contribution in [2.75, 3.05) is 14.2 Å². The number of ketones is 1. The van der Waals surface area contributed by atoms with Crippen LogP contribution in [-0.2, 0) is 6.54 Å². The van der Waals surface area contributed by atoms with Crippen LogP contribution < -0.4 is 14.0 Å². The highest BCUT2D eigenvalue weighted by molar-refractivity contribution is 5.98. The fraction of sp³-hybridized carbons (Fsp3) is 0.143. The van der Waals surface area contributed by atoms with Gasteiger partial charge in [0.2, 0.25) is 12.3 Å². The van der Waals surface area contributed by atoms with Crippen molar-refractivity contribution in [1.82, 2.24) is 0 Å². The van der Waals surface area contributed by atoms with E-state index in [9.17, 15) is 4.79 Å². The van der Waals surface area contributed by atoms with E-state index in [0.717, 1.165) is 11.1 Å². The van der Waals surface area contributed by atoms with Crippen LogP contribution in [0.1, 0.15) is 10.4 Å². The summed E-state index contributed by atoms with van der Waals surface area (Å²) in [6.45, 7) is 0.239. The largest absolute Gasteiger partial charge is 0.497 e. The van der Waals surface area contributed by atoms with Gasteiger partial charge in [-0.3, -0.25) is 4.79 Å². The van der Waals surface area contributed by atoms with Crippen molar-refractivity contribution in [3.63, 3.8) is 0 Å². The molecule has 0 aliphatic rings. The van der Waals surface area contributed by atoms with Crippen molar-refractivity contribution < 1.29 is 18.8 Å². The lowest BCUT2D eigenvalue weighted by Crippen LogP contribution is -2.37. The van der Waals surface area contributed by atoms with Gasteiger partial charge in [-0.1, -0.05) is 30.3 Å². The average molecular weight is 334 g/mol. The fourth-order valence-corrected chi connectivity index (χ4v) is 2.70. The number of hydrogen-bond donors (Lipinski definition) is 0. The predicted molar refractivity (Wildman–Crippen MR) is 95.9 cm³/mol. The SMILES string of the molecule is COc1ccc(C(=O)C[n+]2cccc(-c3ccccc3)c2)c(OC)c1. The first-order valence-corrected chi connectivity index (χ1v) is 8.01. The number of Topliss-reactive ketones (excluding diaryl/α,β-unsaturated/α-hetero) is 1. The van der Waals surface area contributed by atoms with Crippen molar-refractivity contribution in [2.45, 2.75) is 6.54 Å². The first-order valence-electron chi connectivity index (χ1n) is 8.01. The predicted octanol–water partition coefficient (Wildman–Crippen LogP) is 3.54. The lowest BCUT2D eigenvalue weighted by atomic mass is 10.1. The van der Waals surface area contributed by atoms with Gasteiger partial charge in [0.15, 0.2) is 12.4 Å². The second-order valence-corrected chi connectivity index (χ2v) is 5.62. The Morgan fingerprint density at radius 2 is 1.68 bits per heavy atom. The Hall–Kier alpha value is -3.14. The lowest BCUT2D eigenvalue weighted by molar-refractivity contribution is -0.682. The van der Waals surface area contributed by atoms with Gasteiger partial charge in [0, 0.05) is 17.7 Å². The molecule has 0 atom stereocenters. The van der Waals surface area contributed by atoms with Gasteiger partial charge in [0.1, 0.15) is 11.5 Å². The van der Waals surface area contributed by atoms with Gasteiger partial charge >= 0.3 is 0 Å². The zero-order chi connectivity index (χ0) is 17.6. The summed E-state index contributed by atoms with van der Waals surface area (Å²) in [7, 11) is 3.13. The highest BCUT2D eigenvalue weighted by atomic mass is 16.5. The van der Waals surface area contributed by atoms with E-state index in [-0.39, 0.29) is 12.3 Å². The molecule has 0 spiro atoms. The van der Waals surface area contributed by atoms with E-state index in [4.69, 9.17) is 9.47 Å². The number of benzene rings is 2. The van der Waals surface area contributed by atoms with Crippen LogP contribution in [0.4, 0.5) is 0 Å². The van der Waals surface area contributed by atoms with Gasteiger partial charge in [-0.15, -0.1) is 0 Å². The van der Waals surface area contributed by atoms with Crippen molar-refractivity contribution in [2.24, 2.45) is 0 Å². The van der Waals surface area contributed by atoms with Crippen LogP contribution >= 0.6 is 0 Å². The molecule has 1 heterocycles. The van der Waals surface area contributed by atoms with Crippen LogP contribution in [0.2, 0.25) is 0 Å². The van der Waals surface area contributed by atoms with Gasteiger partial charge in [-0.05, 0) is 23.8 Å². The molecule has 126 valence electrons. The molecular weight excluding hydrogens is 314 g/mol. The summed E-state index contributed by atoms with van der Waals surface area (Å²) in [4.78, 5) is 12.7. The van der Waals surface area contributed by atoms with Crippen molar-refractivity contribution in [3.8, 4) is 22.6 Å². The summed E-state index contributed by atoms with van der Waals surface area (Å²) in [6.07, 6.45) is 3.86. The van der Waals surface area contributed by atoms with Crippen LogP contribution in [-0.4, -0.2) is 20.0 Å². The Balaban J connectivity index is 1.84. The standard InChI is InChI=1S/C21H20NO3/c1-24-18-10-11-19(21(13-18)25-2)20(23)15-22-12-6-9-17(14-22)16-7-4-3-5-8-16/h3-14H,15H2,1-2H3/q+1. The number of methoxy groups -OCH3 is 2. The molecule has 0 saturated carbocycles. The molecule has 3 rings (SSSR count). The maximum Gasteiger partial charge on any atom is 0.231 e. The molecule has 0 bridgehead atoms. The molecule has 0 unspecified atom stereocenters. The molecule has 0 aliphatic heterocycles. The van der Waals surface area contributed by atoms with E-state index >= 15 is 0 Å². The Morgan fingerprint density at radius 1 is 0.920 bits per heavy atom. The van der Waals surface area contributed by atoms with Gasteiger partial charge in [-0.25, -0.2) is 0 Å². The maximum absolute atomic E-state index is 12.7. The van der Waals surface area contributed by atoms with Crippen LogP contribution in [0.3, 0.4) is 0 Å². The number of hydrogen-bond acceptors (Lipinski definition) is 3. The topological polar surface area (TPSA) is 39.4 Å². The molecule has 0 N–H and O–H groups in total. The molecular formula is C21H20NO3+. The zero-order valence-electron chi connectivity index (χ0n) is 14.3. The van der Waals surface area contributed by atoms with E-state index in [1.807, 2.05) is 59.4 Å². The average Bonchev–Trinajstić information content (AvgIpc) is 2.68. The minimum absolute atomic E-state index is 0.0188. The van der Waals surface area contributed by atoms with Crippen molar-refractivity contribution in [1.29, 1.82) is 0 Å². The fourth-order valence-electron chi connectivity index (χ4n) is 2.70. The lowest BCUT2D eigenvalue weighted by Gasteiger charge is -2.08. The highest BCUT2D eigenvalue weighted by Crippen LogP contribution is 2.25. The Labute approximate surface area is 147 Å². The third-order valence-electron chi connectivity index (χ3n) is 4.00. The summed E-state index contributed by atoms with van der Waals surface area (Å²) in [5.74, 6) is 1.16. The van der Waals surface area contributed by atoms with Gasteiger partial charge in [-0.2, -0.15) is 4.57 Å². The number of ether oxygens (including phenoxy) is 2. The van der Waals surface area contributed by atoms with E-state index in [0.29, 0.717) is 17.1 Å². The van der Waals surface area contributed by atoms with Crippen LogP contribution in [0.5, 0.6) is 11.5 Å². The zero-order valence-corrected chi connectivity index (χ0v) is 14.3. The minimum atomic E-state index is -0.0188. The van der Waals surface area contributed by atoms with Gasteiger partial charge in [0.05, 0.1) is 19.8 Å². The minimum Gasteiger partial charge on any atom is -0.497 e. The molecule has 0 saturated heterocycles. The molecule has 4 heteroatoms. The molecule has 0 amide bonds. The van der Waals surface area contributed by atoms with E-state index < -0.39 is 0 Å². The van der Waals surface area contributed by atoms with Crippen LogP contribution in [0.25, 0.3) is 11.1 Å². The number of rotatable bonds is 6. The smallest absolute Gasteiger partial charge is 0.231 e. The van der Waals surface area contributed by atoms with Gasteiger partial charge in [0.25, 0.3) is 0 Å². The summed E-state index contributed by atoms with van der Waals surface area (Å²) < 4.78 is 12.4. The number of nitrogens with zero attached hydrogens (tertiary/aromatic N) is 1. The molecule has 3 aromatic rings. The second-order valence-electron chi connectivity index (χ2n) is 5.62. The molecule has 25 heavy (non-hydrogen) atoms. The third kappa shape index (κ3) is 3.86. The Bertz CT molecular complexity index is 875. The summed E-state index contributed by atoms with van der Waals surface area (Å²) in [5, 5.41) is 0. The highest BCUT2D eigenvalue weighted by Gasteiger charge is 2.18. The normalized spacial score (nSPS) is 10.3. The molecule has 0 radical (unpaired) electrons. The maximum atomic E-state index is 12.7. The Morgan fingerprint density at radius 3 is 2.40 bits per heavy atom.